The van der Waals surface area contributed by atoms with E-state index in [0.29, 0.717) is 11.3 Å². The van der Waals surface area contributed by atoms with Crippen LogP contribution in [-0.4, -0.2) is 24.1 Å². The van der Waals surface area contributed by atoms with E-state index in [0.717, 1.165) is 5.56 Å². The lowest BCUT2D eigenvalue weighted by Crippen LogP contribution is -2.25. The minimum Gasteiger partial charge on any atom is -0.478 e. The van der Waals surface area contributed by atoms with E-state index in [1.54, 1.807) is 19.9 Å². The number of nitro groups is 1. The van der Waals surface area contributed by atoms with Crippen LogP contribution < -0.4 is 4.74 Å². The maximum atomic E-state index is 11.2. The van der Waals surface area contributed by atoms with Crippen LogP contribution >= 0.6 is 0 Å². The predicted octanol–water partition coefficient (Wildman–Crippen LogP) is 2.15. The molecule has 0 bridgehead atoms. The lowest BCUT2D eigenvalue weighted by molar-refractivity contribution is -0.385. The molecular weight excluding hydrogens is 238 g/mol. The molecule has 0 amide bonds. The summed E-state index contributed by atoms with van der Waals surface area (Å²) in [6.45, 7) is 4.94. The highest BCUT2D eigenvalue weighted by atomic mass is 16.6. The number of methoxy groups -OCH3 is 1. The molecule has 6 nitrogen and oxygen atoms in total. The van der Waals surface area contributed by atoms with Gasteiger partial charge in [0.25, 0.3) is 5.69 Å². The van der Waals surface area contributed by atoms with Crippen molar-refractivity contribution in [2.75, 3.05) is 7.11 Å². The second-order valence-corrected chi connectivity index (χ2v) is 3.94. The van der Waals surface area contributed by atoms with E-state index in [-0.39, 0.29) is 5.69 Å². The van der Waals surface area contributed by atoms with Crippen LogP contribution in [0.4, 0.5) is 5.69 Å². The summed E-state index contributed by atoms with van der Waals surface area (Å²) in [5.74, 6) is -0.220. The van der Waals surface area contributed by atoms with Gasteiger partial charge in [-0.25, -0.2) is 4.79 Å². The summed E-state index contributed by atoms with van der Waals surface area (Å²) < 4.78 is 9.89. The minimum atomic E-state index is -0.809. The second-order valence-electron chi connectivity index (χ2n) is 3.94. The Morgan fingerprint density at radius 3 is 2.44 bits per heavy atom. The smallest absolute Gasteiger partial charge is 0.346 e. The van der Waals surface area contributed by atoms with Gasteiger partial charge in [0, 0.05) is 5.56 Å². The van der Waals surface area contributed by atoms with E-state index in [1.165, 1.54) is 20.1 Å². The number of carbonyl (C=O) groups is 1. The van der Waals surface area contributed by atoms with E-state index in [2.05, 4.69) is 4.74 Å². The van der Waals surface area contributed by atoms with Gasteiger partial charge in [0.05, 0.1) is 18.1 Å². The summed E-state index contributed by atoms with van der Waals surface area (Å²) in [4.78, 5) is 21.6. The highest BCUT2D eigenvalue weighted by Crippen LogP contribution is 2.28. The molecule has 0 unspecified atom stereocenters. The molecule has 0 aliphatic heterocycles. The Morgan fingerprint density at radius 2 is 1.94 bits per heavy atom. The fraction of sp³-hybridized carbons (Fsp3) is 0.417. The molecule has 0 saturated heterocycles. The van der Waals surface area contributed by atoms with Gasteiger partial charge in [0.15, 0.2) is 6.10 Å². The van der Waals surface area contributed by atoms with Gasteiger partial charge in [0.2, 0.25) is 0 Å². The fourth-order valence-corrected chi connectivity index (χ4v) is 1.55. The molecule has 0 aliphatic rings. The van der Waals surface area contributed by atoms with Crippen LogP contribution in [0.1, 0.15) is 18.1 Å². The molecule has 0 fully saturated rings. The normalized spacial score (nSPS) is 11.8. The van der Waals surface area contributed by atoms with Crippen molar-refractivity contribution in [2.45, 2.75) is 26.9 Å². The molecule has 0 saturated carbocycles. The van der Waals surface area contributed by atoms with Crippen LogP contribution in [0.25, 0.3) is 0 Å². The van der Waals surface area contributed by atoms with Gasteiger partial charge in [-0.3, -0.25) is 10.1 Å². The third-order valence-electron chi connectivity index (χ3n) is 2.53. The van der Waals surface area contributed by atoms with Crippen molar-refractivity contribution < 1.29 is 19.2 Å². The number of aryl methyl sites for hydroxylation is 2. The zero-order valence-corrected chi connectivity index (χ0v) is 10.7. The summed E-state index contributed by atoms with van der Waals surface area (Å²) in [6, 6.07) is 2.97. The van der Waals surface area contributed by atoms with Crippen LogP contribution in [0.5, 0.6) is 5.75 Å². The molecule has 1 rings (SSSR count). The fourth-order valence-electron chi connectivity index (χ4n) is 1.55. The number of hydrogen-bond acceptors (Lipinski definition) is 5. The molecule has 6 heteroatoms. The Kier molecular flexibility index (Phi) is 4.25. The van der Waals surface area contributed by atoms with Gasteiger partial charge in [0.1, 0.15) is 5.75 Å². The number of ether oxygens (including phenoxy) is 2. The molecule has 1 aromatic rings. The van der Waals surface area contributed by atoms with Crippen LogP contribution in [0.2, 0.25) is 0 Å². The summed E-state index contributed by atoms with van der Waals surface area (Å²) in [7, 11) is 1.26. The van der Waals surface area contributed by atoms with Crippen molar-refractivity contribution in [2.24, 2.45) is 0 Å². The van der Waals surface area contributed by atoms with Gasteiger partial charge in [-0.2, -0.15) is 0 Å². The monoisotopic (exact) mass is 253 g/mol. The molecule has 18 heavy (non-hydrogen) atoms. The third-order valence-corrected chi connectivity index (χ3v) is 2.53. The molecule has 1 aromatic carbocycles. The quantitative estimate of drug-likeness (QED) is 0.466. The summed E-state index contributed by atoms with van der Waals surface area (Å²) in [5, 5.41) is 10.8. The highest BCUT2D eigenvalue weighted by molar-refractivity contribution is 5.74. The van der Waals surface area contributed by atoms with Crippen LogP contribution in [0.3, 0.4) is 0 Å². The maximum absolute atomic E-state index is 11.2. The lowest BCUT2D eigenvalue weighted by atomic mass is 10.1. The number of benzene rings is 1. The first-order valence-electron chi connectivity index (χ1n) is 5.37. The Hall–Kier alpha value is -2.11. The molecule has 98 valence electrons. The first-order valence-corrected chi connectivity index (χ1v) is 5.37. The summed E-state index contributed by atoms with van der Waals surface area (Å²) in [5.41, 5.74) is 1.25. The largest absolute Gasteiger partial charge is 0.478 e. The van der Waals surface area contributed by atoms with Crippen molar-refractivity contribution in [1.29, 1.82) is 0 Å². The highest BCUT2D eigenvalue weighted by Gasteiger charge is 2.19. The maximum Gasteiger partial charge on any atom is 0.346 e. The van der Waals surface area contributed by atoms with Gasteiger partial charge >= 0.3 is 5.97 Å². The van der Waals surface area contributed by atoms with Gasteiger partial charge in [-0.15, -0.1) is 0 Å². The Balaban J connectivity index is 3.06. The van der Waals surface area contributed by atoms with Crippen molar-refractivity contribution in [3.8, 4) is 5.75 Å². The standard InChI is InChI=1S/C12H15NO5/c1-7-5-8(2)11(6-10(7)13(15)16)18-9(3)12(14)17-4/h5-6,9H,1-4H3/t9-/m1/s1. The van der Waals surface area contributed by atoms with E-state index in [9.17, 15) is 14.9 Å². The first kappa shape index (κ1) is 14.0. The number of nitrogens with zero attached hydrogens (tertiary/aromatic N) is 1. The van der Waals surface area contributed by atoms with E-state index in [1.807, 2.05) is 0 Å². The average molecular weight is 253 g/mol. The molecule has 0 radical (unpaired) electrons. The summed E-state index contributed by atoms with van der Waals surface area (Å²) >= 11 is 0. The molecule has 0 aliphatic carbocycles. The van der Waals surface area contributed by atoms with E-state index >= 15 is 0 Å². The number of carbonyl (C=O) groups excluding carboxylic acids is 1. The van der Waals surface area contributed by atoms with Crippen molar-refractivity contribution in [1.82, 2.24) is 0 Å². The Labute approximate surface area is 105 Å². The molecule has 1 atom stereocenters. The van der Waals surface area contributed by atoms with Gasteiger partial charge < -0.3 is 9.47 Å². The molecule has 0 aromatic heterocycles. The molecule has 0 spiro atoms. The topological polar surface area (TPSA) is 78.7 Å². The zero-order valence-electron chi connectivity index (χ0n) is 10.7. The number of rotatable bonds is 4. The molecular formula is C12H15NO5. The molecule has 0 heterocycles. The zero-order chi connectivity index (χ0) is 13.9. The van der Waals surface area contributed by atoms with Crippen LogP contribution in [0, 0.1) is 24.0 Å². The SMILES string of the molecule is COC(=O)[C@@H](C)Oc1cc([N+](=O)[O-])c(C)cc1C. The van der Waals surface area contributed by atoms with Gasteiger partial charge in [-0.05, 0) is 32.4 Å². The lowest BCUT2D eigenvalue weighted by Gasteiger charge is -2.14. The van der Waals surface area contributed by atoms with E-state index in [4.69, 9.17) is 4.74 Å². The number of esters is 1. The van der Waals surface area contributed by atoms with Crippen molar-refractivity contribution in [3.05, 3.63) is 33.4 Å². The number of nitro benzene ring substituents is 1. The molecule has 0 N–H and O–H groups in total. The van der Waals surface area contributed by atoms with Crippen LogP contribution in [0.15, 0.2) is 12.1 Å². The number of hydrogen-bond donors (Lipinski definition) is 0. The van der Waals surface area contributed by atoms with Crippen molar-refractivity contribution in [3.63, 3.8) is 0 Å². The third kappa shape index (κ3) is 2.97. The van der Waals surface area contributed by atoms with Crippen molar-refractivity contribution >= 4 is 11.7 Å². The Bertz CT molecular complexity index is 484. The minimum absolute atomic E-state index is 0.0346. The van der Waals surface area contributed by atoms with E-state index < -0.39 is 17.0 Å². The predicted molar refractivity (Wildman–Crippen MR) is 64.7 cm³/mol. The van der Waals surface area contributed by atoms with Crippen LogP contribution in [-0.2, 0) is 9.53 Å². The first-order chi connectivity index (χ1) is 8.36. The van der Waals surface area contributed by atoms with Gasteiger partial charge in [-0.1, -0.05) is 0 Å². The Morgan fingerprint density at radius 1 is 1.33 bits per heavy atom. The summed E-state index contributed by atoms with van der Waals surface area (Å²) in [6.07, 6.45) is -0.809. The average Bonchev–Trinajstić information content (AvgIpc) is 2.30. The second kappa shape index (κ2) is 5.48.